The van der Waals surface area contributed by atoms with Gasteiger partial charge in [0.25, 0.3) is 0 Å². The number of nitrogens with one attached hydrogen (secondary N) is 2. The predicted molar refractivity (Wildman–Crippen MR) is 70.9 cm³/mol. The monoisotopic (exact) mass is 272 g/mol. The summed E-state index contributed by atoms with van der Waals surface area (Å²) in [5.41, 5.74) is 0. The Kier molecular flexibility index (Phi) is 4.23. The van der Waals surface area contributed by atoms with E-state index < -0.39 is 10.0 Å². The van der Waals surface area contributed by atoms with E-state index in [9.17, 15) is 8.42 Å². The van der Waals surface area contributed by atoms with Crippen molar-refractivity contribution in [2.75, 3.05) is 17.0 Å². The maximum absolute atomic E-state index is 11.7. The number of anilines is 1. The number of hydrogen-bond donors (Lipinski definition) is 2. The standard InChI is InChI=1S/C11H20N4O2S/c1-15-8-6-11(13-15)14-18(16,17)9-3-2-7-12-10-4-5-10/h6,8,10,12H,2-5,7,9H2,1H3,(H,13,14). The van der Waals surface area contributed by atoms with Gasteiger partial charge in [0.05, 0.1) is 5.75 Å². The van der Waals surface area contributed by atoms with Crippen molar-refractivity contribution < 1.29 is 8.42 Å². The summed E-state index contributed by atoms with van der Waals surface area (Å²) < 4.78 is 27.5. The summed E-state index contributed by atoms with van der Waals surface area (Å²) in [6.45, 7) is 0.907. The molecule has 0 amide bonds. The van der Waals surface area contributed by atoms with Crippen molar-refractivity contribution in [3.8, 4) is 0 Å². The maximum Gasteiger partial charge on any atom is 0.233 e. The van der Waals surface area contributed by atoms with E-state index >= 15 is 0 Å². The van der Waals surface area contributed by atoms with Crippen molar-refractivity contribution in [2.24, 2.45) is 7.05 Å². The zero-order valence-corrected chi connectivity index (χ0v) is 11.4. The molecule has 102 valence electrons. The van der Waals surface area contributed by atoms with Crippen molar-refractivity contribution in [2.45, 2.75) is 31.7 Å². The van der Waals surface area contributed by atoms with Gasteiger partial charge in [0, 0.05) is 25.4 Å². The molecule has 0 spiro atoms. The Morgan fingerprint density at radius 1 is 1.44 bits per heavy atom. The van der Waals surface area contributed by atoms with Crippen LogP contribution in [0.2, 0.25) is 0 Å². The van der Waals surface area contributed by atoms with Gasteiger partial charge in [0.2, 0.25) is 10.0 Å². The van der Waals surface area contributed by atoms with Crippen LogP contribution < -0.4 is 10.0 Å². The van der Waals surface area contributed by atoms with Crippen LogP contribution in [0, 0.1) is 0 Å². The van der Waals surface area contributed by atoms with E-state index in [0.717, 1.165) is 13.0 Å². The zero-order valence-electron chi connectivity index (χ0n) is 10.6. The Morgan fingerprint density at radius 3 is 2.83 bits per heavy atom. The molecule has 2 N–H and O–H groups in total. The first-order valence-corrected chi connectivity index (χ1v) is 7.94. The molecule has 0 radical (unpaired) electrons. The van der Waals surface area contributed by atoms with Crippen molar-refractivity contribution in [3.63, 3.8) is 0 Å². The van der Waals surface area contributed by atoms with E-state index in [1.165, 1.54) is 12.8 Å². The van der Waals surface area contributed by atoms with E-state index in [1.807, 2.05) is 0 Å². The fourth-order valence-electron chi connectivity index (χ4n) is 1.69. The van der Waals surface area contributed by atoms with Gasteiger partial charge in [-0.15, -0.1) is 0 Å². The Labute approximate surface area is 108 Å². The van der Waals surface area contributed by atoms with Gasteiger partial charge >= 0.3 is 0 Å². The summed E-state index contributed by atoms with van der Waals surface area (Å²) in [7, 11) is -1.51. The lowest BCUT2D eigenvalue weighted by atomic mass is 10.3. The smallest absolute Gasteiger partial charge is 0.233 e. The highest BCUT2D eigenvalue weighted by molar-refractivity contribution is 7.92. The number of unbranched alkanes of at least 4 members (excludes halogenated alkanes) is 1. The van der Waals surface area contributed by atoms with Crippen LogP contribution in [0.25, 0.3) is 0 Å². The fraction of sp³-hybridized carbons (Fsp3) is 0.727. The number of nitrogens with zero attached hydrogens (tertiary/aromatic N) is 2. The van der Waals surface area contributed by atoms with Gasteiger partial charge in [-0.05, 0) is 32.2 Å². The Morgan fingerprint density at radius 2 is 2.22 bits per heavy atom. The molecule has 1 saturated carbocycles. The minimum atomic E-state index is -3.26. The van der Waals surface area contributed by atoms with Crippen LogP contribution in [0.4, 0.5) is 5.82 Å². The molecule has 18 heavy (non-hydrogen) atoms. The first kappa shape index (κ1) is 13.4. The Hall–Kier alpha value is -1.08. The second-order valence-corrected chi connectivity index (χ2v) is 6.57. The molecular weight excluding hydrogens is 252 g/mol. The number of sulfonamides is 1. The summed E-state index contributed by atoms with van der Waals surface area (Å²) in [4.78, 5) is 0. The van der Waals surface area contributed by atoms with Crippen molar-refractivity contribution in [1.29, 1.82) is 0 Å². The molecule has 0 bridgehead atoms. The van der Waals surface area contributed by atoms with Crippen molar-refractivity contribution in [1.82, 2.24) is 15.1 Å². The molecule has 7 heteroatoms. The zero-order chi connectivity index (χ0) is 13.0. The molecule has 1 fully saturated rings. The molecule has 6 nitrogen and oxygen atoms in total. The molecule has 0 unspecified atom stereocenters. The van der Waals surface area contributed by atoms with E-state index in [2.05, 4.69) is 15.1 Å². The molecule has 1 aliphatic rings. The van der Waals surface area contributed by atoms with E-state index in [0.29, 0.717) is 18.3 Å². The molecule has 1 aromatic heterocycles. The summed E-state index contributed by atoms with van der Waals surface area (Å²) >= 11 is 0. The van der Waals surface area contributed by atoms with Crippen molar-refractivity contribution in [3.05, 3.63) is 12.3 Å². The highest BCUT2D eigenvalue weighted by Gasteiger charge is 2.19. The second kappa shape index (κ2) is 5.71. The van der Waals surface area contributed by atoms with E-state index in [4.69, 9.17) is 0 Å². The van der Waals surface area contributed by atoms with Gasteiger partial charge < -0.3 is 5.32 Å². The second-order valence-electron chi connectivity index (χ2n) is 4.73. The largest absolute Gasteiger partial charge is 0.314 e. The lowest BCUT2D eigenvalue weighted by molar-refractivity contribution is 0.590. The topological polar surface area (TPSA) is 76.0 Å². The van der Waals surface area contributed by atoms with Gasteiger partial charge in [-0.1, -0.05) is 0 Å². The SMILES string of the molecule is Cn1ccc(NS(=O)(=O)CCCCNC2CC2)n1. The minimum Gasteiger partial charge on any atom is -0.314 e. The van der Waals surface area contributed by atoms with Crippen LogP contribution in [-0.2, 0) is 17.1 Å². The average molecular weight is 272 g/mol. The predicted octanol–water partition coefficient (Wildman–Crippen LogP) is 0.694. The summed E-state index contributed by atoms with van der Waals surface area (Å²) in [5.74, 6) is 0.532. The molecule has 1 aliphatic carbocycles. The van der Waals surface area contributed by atoms with Crippen LogP contribution in [0.5, 0.6) is 0 Å². The minimum absolute atomic E-state index is 0.149. The molecule has 0 aromatic carbocycles. The van der Waals surface area contributed by atoms with Crippen LogP contribution in [0.3, 0.4) is 0 Å². The van der Waals surface area contributed by atoms with Gasteiger partial charge in [0.1, 0.15) is 0 Å². The highest BCUT2D eigenvalue weighted by Crippen LogP contribution is 2.18. The van der Waals surface area contributed by atoms with Gasteiger partial charge in [0.15, 0.2) is 5.82 Å². The molecule has 1 heterocycles. The lowest BCUT2D eigenvalue weighted by Gasteiger charge is -2.05. The molecular formula is C11H20N4O2S. The summed E-state index contributed by atoms with van der Waals surface area (Å²) in [6.07, 6.45) is 5.79. The molecule has 2 rings (SSSR count). The maximum atomic E-state index is 11.7. The first-order chi connectivity index (χ1) is 8.55. The highest BCUT2D eigenvalue weighted by atomic mass is 32.2. The van der Waals surface area contributed by atoms with E-state index in [1.54, 1.807) is 24.0 Å². The van der Waals surface area contributed by atoms with Crippen LogP contribution >= 0.6 is 0 Å². The van der Waals surface area contributed by atoms with Gasteiger partial charge in [-0.2, -0.15) is 5.10 Å². The summed E-state index contributed by atoms with van der Waals surface area (Å²) in [5, 5.41) is 7.35. The fourth-order valence-corrected chi connectivity index (χ4v) is 2.80. The third-order valence-corrected chi connectivity index (χ3v) is 4.17. The average Bonchev–Trinajstić information content (AvgIpc) is 3.02. The van der Waals surface area contributed by atoms with Crippen LogP contribution in [-0.4, -0.2) is 36.5 Å². The van der Waals surface area contributed by atoms with Crippen LogP contribution in [0.1, 0.15) is 25.7 Å². The number of hydrogen-bond acceptors (Lipinski definition) is 4. The summed E-state index contributed by atoms with van der Waals surface area (Å²) in [6, 6.07) is 2.33. The number of aryl methyl sites for hydroxylation is 1. The molecule has 0 saturated heterocycles. The third kappa shape index (κ3) is 4.66. The van der Waals surface area contributed by atoms with Crippen LogP contribution in [0.15, 0.2) is 12.3 Å². The number of rotatable bonds is 8. The lowest BCUT2D eigenvalue weighted by Crippen LogP contribution is -2.20. The normalized spacial score (nSPS) is 15.8. The Balaban J connectivity index is 1.66. The number of aromatic nitrogens is 2. The third-order valence-electron chi connectivity index (χ3n) is 2.82. The van der Waals surface area contributed by atoms with Crippen molar-refractivity contribution >= 4 is 15.8 Å². The van der Waals surface area contributed by atoms with E-state index in [-0.39, 0.29) is 5.75 Å². The van der Waals surface area contributed by atoms with Gasteiger partial charge in [-0.3, -0.25) is 9.40 Å². The molecule has 0 aliphatic heterocycles. The quantitative estimate of drug-likeness (QED) is 0.683. The Bertz CT molecular complexity index is 479. The van der Waals surface area contributed by atoms with Gasteiger partial charge in [-0.25, -0.2) is 8.42 Å². The molecule has 1 aromatic rings. The molecule has 0 atom stereocenters. The first-order valence-electron chi connectivity index (χ1n) is 6.29.